The number of carbonyl (C=O) groups is 2. The van der Waals surface area contributed by atoms with Crippen molar-refractivity contribution in [3.05, 3.63) is 35.9 Å². The van der Waals surface area contributed by atoms with E-state index in [4.69, 9.17) is 4.74 Å². The minimum absolute atomic E-state index is 0.120. The van der Waals surface area contributed by atoms with Gasteiger partial charge in [0.05, 0.1) is 0 Å². The van der Waals surface area contributed by atoms with Crippen molar-refractivity contribution in [3.8, 4) is 0 Å². The lowest BCUT2D eigenvalue weighted by Gasteiger charge is -2.33. The van der Waals surface area contributed by atoms with Crippen LogP contribution < -0.4 is 5.32 Å². The van der Waals surface area contributed by atoms with Gasteiger partial charge in [0.25, 0.3) is 0 Å². The first kappa shape index (κ1) is 17.7. The first-order valence-electron chi connectivity index (χ1n) is 8.94. The van der Waals surface area contributed by atoms with Crippen molar-refractivity contribution in [2.75, 3.05) is 19.6 Å². The number of carboxylic acids is 1. The molecule has 2 N–H and O–H groups in total. The number of hydrogen-bond donors (Lipinski definition) is 2. The normalized spacial score (nSPS) is 25.1. The Balaban J connectivity index is 1.78. The lowest BCUT2D eigenvalue weighted by Crippen LogP contribution is -2.52. The maximum absolute atomic E-state index is 12.7. The topological polar surface area (TPSA) is 78.9 Å². The maximum Gasteiger partial charge on any atom is 0.411 e. The molecule has 2 fully saturated rings. The van der Waals surface area contributed by atoms with Crippen LogP contribution in [-0.2, 0) is 16.1 Å². The number of benzene rings is 1. The van der Waals surface area contributed by atoms with E-state index in [0.29, 0.717) is 19.4 Å². The Morgan fingerprint density at radius 1 is 1.24 bits per heavy atom. The van der Waals surface area contributed by atoms with Crippen LogP contribution >= 0.6 is 0 Å². The van der Waals surface area contributed by atoms with Gasteiger partial charge >= 0.3 is 12.1 Å². The molecule has 1 atom stereocenters. The number of carbonyl (C=O) groups excluding carboxylic acids is 1. The molecular weight excluding hydrogens is 320 g/mol. The van der Waals surface area contributed by atoms with E-state index in [0.717, 1.165) is 31.5 Å². The molecule has 0 bridgehead atoms. The summed E-state index contributed by atoms with van der Waals surface area (Å²) in [6.07, 6.45) is 2.16. The summed E-state index contributed by atoms with van der Waals surface area (Å²) < 4.78 is 5.46. The third-order valence-electron chi connectivity index (χ3n) is 5.75. The molecule has 0 aliphatic carbocycles. The van der Waals surface area contributed by atoms with Gasteiger partial charge in [0.2, 0.25) is 0 Å². The van der Waals surface area contributed by atoms with Gasteiger partial charge in [-0.05, 0) is 49.8 Å². The molecule has 25 heavy (non-hydrogen) atoms. The van der Waals surface area contributed by atoms with E-state index in [9.17, 15) is 14.7 Å². The monoisotopic (exact) mass is 346 g/mol. The number of carboxylic acid groups (broad SMARTS) is 1. The highest BCUT2D eigenvalue weighted by atomic mass is 16.6. The number of nitrogens with zero attached hydrogens (tertiary/aromatic N) is 1. The lowest BCUT2D eigenvalue weighted by atomic mass is 9.73. The van der Waals surface area contributed by atoms with Gasteiger partial charge in [-0.2, -0.15) is 0 Å². The molecule has 0 unspecified atom stereocenters. The van der Waals surface area contributed by atoms with Crippen molar-refractivity contribution in [2.45, 2.75) is 44.8 Å². The first-order chi connectivity index (χ1) is 12.0. The average Bonchev–Trinajstić information content (AvgIpc) is 2.96. The fraction of sp³-hybridized carbons (Fsp3) is 0.579. The van der Waals surface area contributed by atoms with E-state index in [1.165, 1.54) is 4.90 Å². The largest absolute Gasteiger partial charge is 0.479 e. The third-order valence-corrected chi connectivity index (χ3v) is 5.75. The molecule has 2 heterocycles. The standard InChI is InChI=1S/C19H26N2O4/c1-2-19(16(22)23)13-18(8-10-20-11-9-18)14-21(19)17(24)25-12-15-6-4-3-5-7-15/h3-7,20H,2,8-14H2,1H3,(H,22,23)/t19-/m0/s1. The molecule has 6 heteroatoms. The molecule has 0 radical (unpaired) electrons. The predicted molar refractivity (Wildman–Crippen MR) is 93.1 cm³/mol. The Hall–Kier alpha value is -2.08. The van der Waals surface area contributed by atoms with Gasteiger partial charge in [-0.1, -0.05) is 37.3 Å². The van der Waals surface area contributed by atoms with Crippen LogP contribution in [0.4, 0.5) is 4.79 Å². The smallest absolute Gasteiger partial charge is 0.411 e. The average molecular weight is 346 g/mol. The van der Waals surface area contributed by atoms with Gasteiger partial charge in [-0.25, -0.2) is 9.59 Å². The molecule has 1 aromatic carbocycles. The Morgan fingerprint density at radius 2 is 1.92 bits per heavy atom. The molecule has 2 saturated heterocycles. The number of rotatable bonds is 4. The van der Waals surface area contributed by atoms with Gasteiger partial charge in [-0.3, -0.25) is 4.90 Å². The Bertz CT molecular complexity index is 628. The molecule has 1 amide bonds. The van der Waals surface area contributed by atoms with Gasteiger partial charge in [0.15, 0.2) is 0 Å². The molecular formula is C19H26N2O4. The molecule has 6 nitrogen and oxygen atoms in total. The summed E-state index contributed by atoms with van der Waals surface area (Å²) in [5.41, 5.74) is -0.389. The second-order valence-corrected chi connectivity index (χ2v) is 7.24. The molecule has 2 aliphatic heterocycles. The van der Waals surface area contributed by atoms with Crippen molar-refractivity contribution in [2.24, 2.45) is 5.41 Å². The maximum atomic E-state index is 12.7. The van der Waals surface area contributed by atoms with E-state index in [1.54, 1.807) is 0 Å². The summed E-state index contributed by atoms with van der Waals surface area (Å²) in [7, 11) is 0. The molecule has 1 spiro atoms. The summed E-state index contributed by atoms with van der Waals surface area (Å²) in [5, 5.41) is 13.2. The summed E-state index contributed by atoms with van der Waals surface area (Å²) in [4.78, 5) is 26.3. The van der Waals surface area contributed by atoms with Gasteiger partial charge < -0.3 is 15.2 Å². The van der Waals surface area contributed by atoms with Gasteiger partial charge in [-0.15, -0.1) is 0 Å². The van der Waals surface area contributed by atoms with Crippen molar-refractivity contribution < 1.29 is 19.4 Å². The van der Waals surface area contributed by atoms with Crippen molar-refractivity contribution in [3.63, 3.8) is 0 Å². The third kappa shape index (κ3) is 3.35. The quantitative estimate of drug-likeness (QED) is 0.876. The number of piperidine rings is 1. The molecule has 0 aromatic heterocycles. The Kier molecular flexibility index (Phi) is 4.99. The SMILES string of the molecule is CC[C@@]1(C(=O)O)CC2(CCNCC2)CN1C(=O)OCc1ccccc1. The highest BCUT2D eigenvalue weighted by molar-refractivity contribution is 5.85. The second kappa shape index (κ2) is 7.04. The second-order valence-electron chi connectivity index (χ2n) is 7.24. The Morgan fingerprint density at radius 3 is 2.52 bits per heavy atom. The zero-order chi connectivity index (χ0) is 17.9. The Labute approximate surface area is 148 Å². The van der Waals surface area contributed by atoms with Crippen LogP contribution in [0.3, 0.4) is 0 Å². The number of nitrogens with one attached hydrogen (secondary N) is 1. The zero-order valence-electron chi connectivity index (χ0n) is 14.7. The fourth-order valence-corrected chi connectivity index (χ4v) is 4.25. The summed E-state index contributed by atoms with van der Waals surface area (Å²) in [5.74, 6) is -0.929. The molecule has 3 rings (SSSR count). The van der Waals surface area contributed by atoms with E-state index < -0.39 is 17.6 Å². The summed E-state index contributed by atoms with van der Waals surface area (Å²) in [6, 6.07) is 9.44. The van der Waals surface area contributed by atoms with Crippen molar-refractivity contribution in [1.82, 2.24) is 10.2 Å². The van der Waals surface area contributed by atoms with Crippen LogP contribution in [0.25, 0.3) is 0 Å². The van der Waals surface area contributed by atoms with Gasteiger partial charge in [0.1, 0.15) is 12.1 Å². The highest BCUT2D eigenvalue weighted by Gasteiger charge is 2.58. The molecule has 0 saturated carbocycles. The lowest BCUT2D eigenvalue weighted by molar-refractivity contribution is -0.149. The number of amides is 1. The van der Waals surface area contributed by atoms with E-state index in [2.05, 4.69) is 5.32 Å². The molecule has 136 valence electrons. The highest BCUT2D eigenvalue weighted by Crippen LogP contribution is 2.49. The van der Waals surface area contributed by atoms with E-state index in [1.807, 2.05) is 37.3 Å². The summed E-state index contributed by atoms with van der Waals surface area (Å²) >= 11 is 0. The van der Waals surface area contributed by atoms with Crippen LogP contribution in [0.2, 0.25) is 0 Å². The van der Waals surface area contributed by atoms with Crippen molar-refractivity contribution in [1.29, 1.82) is 0 Å². The predicted octanol–water partition coefficient (Wildman–Crippen LogP) is 2.63. The summed E-state index contributed by atoms with van der Waals surface area (Å²) in [6.45, 7) is 4.19. The minimum Gasteiger partial charge on any atom is -0.479 e. The van der Waals surface area contributed by atoms with E-state index >= 15 is 0 Å². The van der Waals surface area contributed by atoms with Crippen LogP contribution in [0.1, 0.15) is 38.2 Å². The van der Waals surface area contributed by atoms with Crippen LogP contribution in [0, 0.1) is 5.41 Å². The van der Waals surface area contributed by atoms with Crippen LogP contribution in [0.15, 0.2) is 30.3 Å². The number of hydrogen-bond acceptors (Lipinski definition) is 4. The first-order valence-corrected chi connectivity index (χ1v) is 8.94. The molecule has 2 aliphatic rings. The van der Waals surface area contributed by atoms with E-state index in [-0.39, 0.29) is 12.0 Å². The van der Waals surface area contributed by atoms with Crippen molar-refractivity contribution >= 4 is 12.1 Å². The number of aliphatic carboxylic acids is 1. The molecule has 1 aromatic rings. The number of likely N-dealkylation sites (tertiary alicyclic amines) is 1. The fourth-order valence-electron chi connectivity index (χ4n) is 4.25. The minimum atomic E-state index is -1.16. The van der Waals surface area contributed by atoms with Gasteiger partial charge in [0, 0.05) is 6.54 Å². The van der Waals surface area contributed by atoms with Crippen LogP contribution in [0.5, 0.6) is 0 Å². The zero-order valence-corrected chi connectivity index (χ0v) is 14.7. The van der Waals surface area contributed by atoms with Crippen LogP contribution in [-0.4, -0.2) is 47.2 Å². The number of ether oxygens (including phenoxy) is 1.